The molecular formula is C14H22NO3. The Morgan fingerprint density at radius 3 is 2.44 bits per heavy atom. The molecule has 0 N–H and O–H groups in total. The van der Waals surface area contributed by atoms with E-state index < -0.39 is 12.0 Å². The summed E-state index contributed by atoms with van der Waals surface area (Å²) in [6.07, 6.45) is 6.15. The molecule has 0 aliphatic heterocycles. The Kier molecular flexibility index (Phi) is 6.02. The number of ketones is 1. The number of hydrogen-bond acceptors (Lipinski definition) is 4. The van der Waals surface area contributed by atoms with E-state index in [2.05, 4.69) is 11.9 Å². The molecule has 0 heterocycles. The summed E-state index contributed by atoms with van der Waals surface area (Å²) in [7, 11) is 0. The van der Waals surface area contributed by atoms with E-state index in [1.807, 2.05) is 0 Å². The van der Waals surface area contributed by atoms with Crippen molar-refractivity contribution in [1.29, 1.82) is 0 Å². The fraction of sp³-hybridized carbons (Fsp3) is 0.714. The van der Waals surface area contributed by atoms with Crippen LogP contribution in [0.4, 0.5) is 0 Å². The fourth-order valence-corrected chi connectivity index (χ4v) is 2.15. The molecule has 101 valence electrons. The van der Waals surface area contributed by atoms with E-state index in [0.717, 1.165) is 31.9 Å². The first-order valence-electron chi connectivity index (χ1n) is 6.61. The molecule has 1 radical (unpaired) electrons. The highest BCUT2D eigenvalue weighted by Gasteiger charge is 2.25. The zero-order valence-corrected chi connectivity index (χ0v) is 11.2. The molecule has 1 atom stereocenters. The normalized spacial score (nSPS) is 19.1. The molecule has 0 aromatic heterocycles. The van der Waals surface area contributed by atoms with Crippen LogP contribution in [0.1, 0.15) is 46.0 Å². The van der Waals surface area contributed by atoms with Crippen LogP contribution in [0.25, 0.3) is 0 Å². The Bertz CT molecular complexity index is 317. The first kappa shape index (κ1) is 14.9. The van der Waals surface area contributed by atoms with Gasteiger partial charge in [-0.05, 0) is 33.6 Å². The van der Waals surface area contributed by atoms with Gasteiger partial charge in [-0.25, -0.2) is 4.79 Å². The molecule has 0 bridgehead atoms. The van der Waals surface area contributed by atoms with Gasteiger partial charge in [-0.2, -0.15) is 0 Å². The maximum Gasteiger partial charge on any atom is 0.349 e. The predicted molar refractivity (Wildman–Crippen MR) is 70.4 cm³/mol. The summed E-state index contributed by atoms with van der Waals surface area (Å²) >= 11 is 0. The van der Waals surface area contributed by atoms with Crippen LogP contribution >= 0.6 is 0 Å². The van der Waals surface area contributed by atoms with Gasteiger partial charge in [0, 0.05) is 5.92 Å². The molecule has 1 aliphatic rings. The average molecular weight is 252 g/mol. The second kappa shape index (κ2) is 7.29. The highest BCUT2D eigenvalue weighted by molar-refractivity contribution is 6.23. The fourth-order valence-electron chi connectivity index (χ4n) is 2.15. The van der Waals surface area contributed by atoms with Gasteiger partial charge in [-0.15, -0.1) is 0 Å². The van der Waals surface area contributed by atoms with Gasteiger partial charge < -0.3 is 4.74 Å². The van der Waals surface area contributed by atoms with E-state index in [1.165, 1.54) is 6.42 Å². The van der Waals surface area contributed by atoms with E-state index in [1.54, 1.807) is 13.8 Å². The van der Waals surface area contributed by atoms with Crippen LogP contribution in [0.3, 0.4) is 0 Å². The summed E-state index contributed by atoms with van der Waals surface area (Å²) in [4.78, 5) is 27.1. The third-order valence-corrected chi connectivity index (χ3v) is 3.05. The smallest absolute Gasteiger partial charge is 0.349 e. The van der Waals surface area contributed by atoms with Crippen molar-refractivity contribution in [1.82, 2.24) is 0 Å². The number of rotatable bonds is 5. The Morgan fingerprint density at radius 2 is 1.89 bits per heavy atom. The molecule has 0 aromatic carbocycles. The van der Waals surface area contributed by atoms with Crippen LogP contribution in [0.5, 0.6) is 0 Å². The van der Waals surface area contributed by atoms with Gasteiger partial charge in [0.05, 0.1) is 6.10 Å². The van der Waals surface area contributed by atoms with Crippen molar-refractivity contribution in [3.05, 3.63) is 6.92 Å². The van der Waals surface area contributed by atoms with Gasteiger partial charge in [-0.1, -0.05) is 19.3 Å². The van der Waals surface area contributed by atoms with E-state index in [0.29, 0.717) is 0 Å². The van der Waals surface area contributed by atoms with Crippen molar-refractivity contribution >= 4 is 18.0 Å². The molecule has 1 rings (SSSR count). The van der Waals surface area contributed by atoms with Gasteiger partial charge >= 0.3 is 5.97 Å². The monoisotopic (exact) mass is 252 g/mol. The zero-order chi connectivity index (χ0) is 13.5. The van der Waals surface area contributed by atoms with Crippen LogP contribution in [0.2, 0.25) is 0 Å². The maximum atomic E-state index is 12.0. The molecule has 0 aromatic rings. The number of ether oxygens (including phenoxy) is 1. The maximum absolute atomic E-state index is 12.0. The SMILES string of the molecule is [CH2][C@H](N=CC(=O)OC(C)C)C(=O)C1CCCCC1. The number of hydrogen-bond donors (Lipinski definition) is 0. The molecule has 4 nitrogen and oxygen atoms in total. The quantitative estimate of drug-likeness (QED) is 0.557. The molecule has 0 saturated heterocycles. The lowest BCUT2D eigenvalue weighted by Crippen LogP contribution is -2.27. The second-order valence-corrected chi connectivity index (χ2v) is 5.02. The van der Waals surface area contributed by atoms with Gasteiger partial charge in [-0.3, -0.25) is 9.79 Å². The van der Waals surface area contributed by atoms with Crippen LogP contribution in [-0.4, -0.2) is 30.1 Å². The molecule has 18 heavy (non-hydrogen) atoms. The van der Waals surface area contributed by atoms with Crippen molar-refractivity contribution in [2.45, 2.75) is 58.1 Å². The van der Waals surface area contributed by atoms with Gasteiger partial charge in [0.15, 0.2) is 5.78 Å². The third kappa shape index (κ3) is 4.98. The summed E-state index contributed by atoms with van der Waals surface area (Å²) < 4.78 is 4.90. The second-order valence-electron chi connectivity index (χ2n) is 5.02. The highest BCUT2D eigenvalue weighted by Crippen LogP contribution is 2.25. The van der Waals surface area contributed by atoms with Crippen LogP contribution in [-0.2, 0) is 14.3 Å². The van der Waals surface area contributed by atoms with Crippen LogP contribution in [0, 0.1) is 12.8 Å². The minimum Gasteiger partial charge on any atom is -0.459 e. The molecular weight excluding hydrogens is 230 g/mol. The van der Waals surface area contributed by atoms with Crippen LogP contribution < -0.4 is 0 Å². The lowest BCUT2D eigenvalue weighted by molar-refractivity contribution is -0.138. The van der Waals surface area contributed by atoms with Crippen molar-refractivity contribution in [3.63, 3.8) is 0 Å². The third-order valence-electron chi connectivity index (χ3n) is 3.05. The Labute approximate surface area is 109 Å². The van der Waals surface area contributed by atoms with E-state index in [4.69, 9.17) is 4.74 Å². The summed E-state index contributed by atoms with van der Waals surface area (Å²) in [5.74, 6) is -0.405. The van der Waals surface area contributed by atoms with Crippen molar-refractivity contribution < 1.29 is 14.3 Å². The minimum atomic E-state index is -0.687. The lowest BCUT2D eigenvalue weighted by atomic mass is 9.84. The minimum absolute atomic E-state index is 0.0447. The average Bonchev–Trinajstić information content (AvgIpc) is 2.35. The van der Waals surface area contributed by atoms with Gasteiger partial charge in [0.1, 0.15) is 12.3 Å². The van der Waals surface area contributed by atoms with Crippen molar-refractivity contribution in [2.75, 3.05) is 0 Å². The number of Topliss-reactive ketones (excluding diaryl/α,β-unsaturated/α-hetero) is 1. The Hall–Kier alpha value is -1.19. The molecule has 0 spiro atoms. The van der Waals surface area contributed by atoms with E-state index >= 15 is 0 Å². The number of carbonyl (C=O) groups is 2. The van der Waals surface area contributed by atoms with Gasteiger partial charge in [0.25, 0.3) is 0 Å². The summed E-state index contributed by atoms with van der Waals surface area (Å²) in [5.41, 5.74) is 0. The first-order chi connectivity index (χ1) is 8.50. The van der Waals surface area contributed by atoms with Crippen molar-refractivity contribution in [3.8, 4) is 0 Å². The lowest BCUT2D eigenvalue weighted by Gasteiger charge is -2.21. The zero-order valence-electron chi connectivity index (χ0n) is 11.2. The summed E-state index contributed by atoms with van der Waals surface area (Å²) in [6, 6.07) is -0.687. The number of carbonyl (C=O) groups excluding carboxylic acids is 2. The summed E-state index contributed by atoms with van der Waals surface area (Å²) in [6.45, 7) is 7.24. The first-order valence-corrected chi connectivity index (χ1v) is 6.61. The molecule has 0 unspecified atom stereocenters. The number of nitrogens with zero attached hydrogens (tertiary/aromatic N) is 1. The Balaban J connectivity index is 2.43. The predicted octanol–water partition coefficient (Wildman–Crippen LogP) is 2.36. The number of aliphatic imine (C=N–C) groups is 1. The molecule has 1 fully saturated rings. The molecule has 0 amide bonds. The summed E-state index contributed by atoms with van der Waals surface area (Å²) in [5, 5.41) is 0. The largest absolute Gasteiger partial charge is 0.459 e. The topological polar surface area (TPSA) is 55.7 Å². The Morgan fingerprint density at radius 1 is 1.28 bits per heavy atom. The molecule has 1 saturated carbocycles. The van der Waals surface area contributed by atoms with Crippen LogP contribution in [0.15, 0.2) is 4.99 Å². The van der Waals surface area contributed by atoms with Gasteiger partial charge in [0.2, 0.25) is 0 Å². The number of esters is 1. The standard InChI is InChI=1S/C14H22NO3/c1-10(2)18-13(16)9-15-11(3)14(17)12-7-5-4-6-8-12/h9-12H,3-8H2,1-2H3/t11-/m0/s1. The molecule has 4 heteroatoms. The van der Waals surface area contributed by atoms with Crippen molar-refractivity contribution in [2.24, 2.45) is 10.9 Å². The molecule has 1 aliphatic carbocycles. The highest BCUT2D eigenvalue weighted by atomic mass is 16.5. The van der Waals surface area contributed by atoms with E-state index in [-0.39, 0.29) is 17.8 Å². The van der Waals surface area contributed by atoms with E-state index in [9.17, 15) is 9.59 Å².